The lowest BCUT2D eigenvalue weighted by molar-refractivity contribution is 0.0945. The summed E-state index contributed by atoms with van der Waals surface area (Å²) in [5.41, 5.74) is 0.230. The Bertz CT molecular complexity index is 286. The van der Waals surface area contributed by atoms with Crippen LogP contribution in [0.5, 0.6) is 0 Å². The summed E-state index contributed by atoms with van der Waals surface area (Å²) in [4.78, 5) is 11.0. The number of carbonyl (C=O) groups is 1. The van der Waals surface area contributed by atoms with Crippen LogP contribution in [0, 0.1) is 11.3 Å². The SMILES string of the molecule is N#CCCNC(=O)c1ccon1. The summed E-state index contributed by atoms with van der Waals surface area (Å²) in [5.74, 6) is -0.320. The molecule has 0 spiro atoms. The van der Waals surface area contributed by atoms with Crippen molar-refractivity contribution in [2.45, 2.75) is 6.42 Å². The molecule has 5 nitrogen and oxygen atoms in total. The molecule has 0 aliphatic heterocycles. The van der Waals surface area contributed by atoms with Crippen LogP contribution >= 0.6 is 0 Å². The van der Waals surface area contributed by atoms with E-state index in [2.05, 4.69) is 15.0 Å². The van der Waals surface area contributed by atoms with Crippen LogP contribution in [0.4, 0.5) is 0 Å². The van der Waals surface area contributed by atoms with Crippen molar-refractivity contribution in [3.05, 3.63) is 18.0 Å². The Hall–Kier alpha value is -1.83. The van der Waals surface area contributed by atoms with Gasteiger partial charge in [0.1, 0.15) is 6.26 Å². The van der Waals surface area contributed by atoms with E-state index >= 15 is 0 Å². The number of rotatable bonds is 3. The molecule has 0 aromatic carbocycles. The van der Waals surface area contributed by atoms with Crippen LogP contribution in [0.25, 0.3) is 0 Å². The second-order valence-electron chi connectivity index (χ2n) is 2.05. The Morgan fingerprint density at radius 1 is 1.83 bits per heavy atom. The van der Waals surface area contributed by atoms with E-state index in [1.165, 1.54) is 12.3 Å². The second-order valence-corrected chi connectivity index (χ2v) is 2.05. The minimum absolute atomic E-state index is 0.230. The van der Waals surface area contributed by atoms with Crippen LogP contribution in [0.1, 0.15) is 16.9 Å². The van der Waals surface area contributed by atoms with Crippen LogP contribution in [0.2, 0.25) is 0 Å². The van der Waals surface area contributed by atoms with Crippen LogP contribution in [-0.2, 0) is 0 Å². The Labute approximate surface area is 69.0 Å². The maximum absolute atomic E-state index is 11.0. The first kappa shape index (κ1) is 8.27. The van der Waals surface area contributed by atoms with Gasteiger partial charge in [-0.3, -0.25) is 4.79 Å². The van der Waals surface area contributed by atoms with Gasteiger partial charge in [0.15, 0.2) is 5.69 Å². The summed E-state index contributed by atoms with van der Waals surface area (Å²) in [6, 6.07) is 3.37. The van der Waals surface area contributed by atoms with E-state index < -0.39 is 0 Å². The molecular weight excluding hydrogens is 158 g/mol. The average molecular weight is 165 g/mol. The maximum Gasteiger partial charge on any atom is 0.273 e. The van der Waals surface area contributed by atoms with Crippen molar-refractivity contribution < 1.29 is 9.32 Å². The molecule has 0 unspecified atom stereocenters. The van der Waals surface area contributed by atoms with Gasteiger partial charge in [-0.05, 0) is 0 Å². The third-order valence-corrected chi connectivity index (χ3v) is 1.19. The molecule has 0 radical (unpaired) electrons. The Kier molecular flexibility index (Phi) is 2.85. The summed E-state index contributed by atoms with van der Waals surface area (Å²) < 4.78 is 4.47. The lowest BCUT2D eigenvalue weighted by Gasteiger charge is -1.96. The Morgan fingerprint density at radius 3 is 3.25 bits per heavy atom. The summed E-state index contributed by atoms with van der Waals surface area (Å²) in [5, 5.41) is 14.1. The molecule has 0 saturated heterocycles. The zero-order valence-corrected chi connectivity index (χ0v) is 6.28. The zero-order valence-electron chi connectivity index (χ0n) is 6.28. The molecule has 1 heterocycles. The molecule has 12 heavy (non-hydrogen) atoms. The number of nitriles is 1. The molecular formula is C7H7N3O2. The number of amides is 1. The summed E-state index contributed by atoms with van der Waals surface area (Å²) in [7, 11) is 0. The summed E-state index contributed by atoms with van der Waals surface area (Å²) in [6.45, 7) is 0.336. The van der Waals surface area contributed by atoms with Gasteiger partial charge in [0.2, 0.25) is 0 Å². The van der Waals surface area contributed by atoms with E-state index in [4.69, 9.17) is 5.26 Å². The van der Waals surface area contributed by atoms with Crippen molar-refractivity contribution in [3.8, 4) is 6.07 Å². The summed E-state index contributed by atoms with van der Waals surface area (Å²) >= 11 is 0. The molecule has 0 aliphatic rings. The van der Waals surface area contributed by atoms with Crippen molar-refractivity contribution in [1.29, 1.82) is 5.26 Å². The number of hydrogen-bond acceptors (Lipinski definition) is 4. The summed E-state index contributed by atoms with van der Waals surface area (Å²) in [6.07, 6.45) is 1.61. The molecule has 0 bridgehead atoms. The van der Waals surface area contributed by atoms with Gasteiger partial charge in [-0.25, -0.2) is 0 Å². The van der Waals surface area contributed by atoms with E-state index in [-0.39, 0.29) is 11.6 Å². The largest absolute Gasteiger partial charge is 0.364 e. The normalized spacial score (nSPS) is 8.92. The van der Waals surface area contributed by atoms with Crippen molar-refractivity contribution in [3.63, 3.8) is 0 Å². The number of nitrogens with zero attached hydrogens (tertiary/aromatic N) is 2. The first-order valence-corrected chi connectivity index (χ1v) is 3.40. The highest BCUT2D eigenvalue weighted by Crippen LogP contribution is 1.92. The second kappa shape index (κ2) is 4.13. The first-order chi connectivity index (χ1) is 5.84. The molecule has 1 aromatic heterocycles. The molecule has 0 saturated carbocycles. The van der Waals surface area contributed by atoms with E-state index in [1.54, 1.807) is 0 Å². The molecule has 1 N–H and O–H groups in total. The molecule has 1 rings (SSSR count). The van der Waals surface area contributed by atoms with Gasteiger partial charge in [-0.1, -0.05) is 5.16 Å². The predicted octanol–water partition coefficient (Wildman–Crippen LogP) is 0.318. The zero-order chi connectivity index (χ0) is 8.81. The highest BCUT2D eigenvalue weighted by Gasteiger charge is 2.06. The fourth-order valence-corrected chi connectivity index (χ4v) is 0.652. The van der Waals surface area contributed by atoms with Crippen molar-refractivity contribution >= 4 is 5.91 Å². The number of aromatic nitrogens is 1. The van der Waals surface area contributed by atoms with Crippen LogP contribution < -0.4 is 5.32 Å². The fraction of sp³-hybridized carbons (Fsp3) is 0.286. The van der Waals surface area contributed by atoms with Gasteiger partial charge in [0, 0.05) is 12.6 Å². The highest BCUT2D eigenvalue weighted by molar-refractivity contribution is 5.91. The minimum atomic E-state index is -0.320. The highest BCUT2D eigenvalue weighted by atomic mass is 16.5. The quantitative estimate of drug-likeness (QED) is 0.654. The van der Waals surface area contributed by atoms with E-state index in [9.17, 15) is 4.79 Å². The average Bonchev–Trinajstić information content (AvgIpc) is 2.56. The van der Waals surface area contributed by atoms with E-state index in [0.29, 0.717) is 13.0 Å². The number of hydrogen-bond donors (Lipinski definition) is 1. The topological polar surface area (TPSA) is 78.9 Å². The number of carbonyl (C=O) groups excluding carboxylic acids is 1. The molecule has 1 aromatic rings. The molecule has 62 valence electrons. The van der Waals surface area contributed by atoms with Crippen molar-refractivity contribution in [1.82, 2.24) is 10.5 Å². The molecule has 0 atom stereocenters. The minimum Gasteiger partial charge on any atom is -0.364 e. The molecule has 1 amide bonds. The molecule has 0 aliphatic carbocycles. The van der Waals surface area contributed by atoms with Gasteiger partial charge < -0.3 is 9.84 Å². The van der Waals surface area contributed by atoms with Crippen molar-refractivity contribution in [2.75, 3.05) is 6.54 Å². The fourth-order valence-electron chi connectivity index (χ4n) is 0.652. The third kappa shape index (κ3) is 2.09. The van der Waals surface area contributed by atoms with E-state index in [1.807, 2.05) is 6.07 Å². The van der Waals surface area contributed by atoms with Crippen molar-refractivity contribution in [2.24, 2.45) is 0 Å². The van der Waals surface area contributed by atoms with Crippen LogP contribution in [0.15, 0.2) is 16.9 Å². The standard InChI is InChI=1S/C7H7N3O2/c8-3-1-4-9-7(11)6-2-5-12-10-6/h2,5H,1,4H2,(H,9,11). The predicted molar refractivity (Wildman–Crippen MR) is 39.1 cm³/mol. The van der Waals surface area contributed by atoms with E-state index in [0.717, 1.165) is 0 Å². The molecule has 5 heteroatoms. The Morgan fingerprint density at radius 2 is 2.67 bits per heavy atom. The molecule has 0 fully saturated rings. The van der Waals surface area contributed by atoms with Crippen LogP contribution in [-0.4, -0.2) is 17.6 Å². The van der Waals surface area contributed by atoms with Gasteiger partial charge in [-0.15, -0.1) is 0 Å². The lowest BCUT2D eigenvalue weighted by atomic mass is 10.4. The Balaban J connectivity index is 2.36. The van der Waals surface area contributed by atoms with Gasteiger partial charge >= 0.3 is 0 Å². The first-order valence-electron chi connectivity index (χ1n) is 3.40. The van der Waals surface area contributed by atoms with Gasteiger partial charge in [0.05, 0.1) is 12.5 Å². The smallest absolute Gasteiger partial charge is 0.273 e. The number of nitrogens with one attached hydrogen (secondary N) is 1. The maximum atomic E-state index is 11.0. The monoisotopic (exact) mass is 165 g/mol. The van der Waals surface area contributed by atoms with Gasteiger partial charge in [-0.2, -0.15) is 5.26 Å². The third-order valence-electron chi connectivity index (χ3n) is 1.19. The van der Waals surface area contributed by atoms with Gasteiger partial charge in [0.25, 0.3) is 5.91 Å². The lowest BCUT2D eigenvalue weighted by Crippen LogP contribution is -2.24. The van der Waals surface area contributed by atoms with Crippen LogP contribution in [0.3, 0.4) is 0 Å².